The largest absolute Gasteiger partial charge is 0.460 e. The second-order valence-corrected chi connectivity index (χ2v) is 2.68. The van der Waals surface area contributed by atoms with Crippen LogP contribution in [0.15, 0.2) is 4.42 Å². The van der Waals surface area contributed by atoms with Gasteiger partial charge in [-0.15, -0.1) is 0 Å². The molecule has 14 heavy (non-hydrogen) atoms. The van der Waals surface area contributed by atoms with Crippen LogP contribution in [0.3, 0.4) is 0 Å². The zero-order valence-corrected chi connectivity index (χ0v) is 8.49. The number of carbonyl (C=O) groups is 1. The number of oxazole rings is 1. The maximum Gasteiger partial charge on any atom is 0.376 e. The number of hydrogen-bond donors (Lipinski definition) is 0. The summed E-state index contributed by atoms with van der Waals surface area (Å²) in [7, 11) is 1.53. The fourth-order valence-corrected chi connectivity index (χ4v) is 1.02. The van der Waals surface area contributed by atoms with E-state index in [-0.39, 0.29) is 12.4 Å². The van der Waals surface area contributed by atoms with Gasteiger partial charge in [0.1, 0.15) is 6.61 Å². The van der Waals surface area contributed by atoms with E-state index in [0.717, 1.165) is 0 Å². The quantitative estimate of drug-likeness (QED) is 0.684. The van der Waals surface area contributed by atoms with Crippen molar-refractivity contribution in [2.24, 2.45) is 0 Å². The Morgan fingerprint density at radius 2 is 2.29 bits per heavy atom. The van der Waals surface area contributed by atoms with E-state index in [1.54, 1.807) is 13.8 Å². The Morgan fingerprint density at radius 3 is 2.86 bits per heavy atom. The molecule has 5 heteroatoms. The average molecular weight is 199 g/mol. The fourth-order valence-electron chi connectivity index (χ4n) is 1.02. The molecule has 5 nitrogen and oxygen atoms in total. The third-order valence-corrected chi connectivity index (χ3v) is 1.57. The average Bonchev–Trinajstić information content (AvgIpc) is 2.48. The van der Waals surface area contributed by atoms with E-state index >= 15 is 0 Å². The molecule has 1 heterocycles. The first kappa shape index (κ1) is 10.7. The number of aryl methyl sites for hydroxylation is 1. The molecular weight excluding hydrogens is 186 g/mol. The summed E-state index contributed by atoms with van der Waals surface area (Å²) in [6.07, 6.45) is 0. The number of methoxy groups -OCH3 is 1. The molecule has 0 N–H and O–H groups in total. The highest BCUT2D eigenvalue weighted by molar-refractivity contribution is 5.87. The smallest absolute Gasteiger partial charge is 0.376 e. The van der Waals surface area contributed by atoms with Gasteiger partial charge in [-0.25, -0.2) is 9.78 Å². The lowest BCUT2D eigenvalue weighted by atomic mass is 10.4. The van der Waals surface area contributed by atoms with Gasteiger partial charge in [0.05, 0.1) is 12.3 Å². The molecule has 0 saturated heterocycles. The molecule has 0 aliphatic carbocycles. The van der Waals surface area contributed by atoms with Gasteiger partial charge in [0.25, 0.3) is 0 Å². The van der Waals surface area contributed by atoms with Crippen molar-refractivity contribution in [3.8, 4) is 0 Å². The van der Waals surface area contributed by atoms with E-state index < -0.39 is 5.97 Å². The normalized spacial score (nSPS) is 10.2. The van der Waals surface area contributed by atoms with Crippen LogP contribution in [0.1, 0.15) is 29.1 Å². The molecular formula is C9H13NO4. The molecule has 78 valence electrons. The fraction of sp³-hybridized carbons (Fsp3) is 0.556. The van der Waals surface area contributed by atoms with E-state index in [9.17, 15) is 4.79 Å². The predicted octanol–water partition coefficient (Wildman–Crippen LogP) is 1.31. The van der Waals surface area contributed by atoms with Crippen molar-refractivity contribution >= 4 is 5.97 Å². The van der Waals surface area contributed by atoms with E-state index in [4.69, 9.17) is 13.9 Å². The summed E-state index contributed by atoms with van der Waals surface area (Å²) in [6, 6.07) is 0. The summed E-state index contributed by atoms with van der Waals surface area (Å²) in [4.78, 5) is 15.3. The van der Waals surface area contributed by atoms with E-state index in [1.165, 1.54) is 7.11 Å². The SMILES string of the molecule is CCOC(=O)c1oc(COC)nc1C. The second kappa shape index (κ2) is 4.76. The summed E-state index contributed by atoms with van der Waals surface area (Å²) in [6.45, 7) is 3.99. The highest BCUT2D eigenvalue weighted by Crippen LogP contribution is 2.12. The predicted molar refractivity (Wildman–Crippen MR) is 47.9 cm³/mol. The molecule has 1 aromatic rings. The van der Waals surface area contributed by atoms with E-state index in [2.05, 4.69) is 4.98 Å². The molecule has 0 aromatic carbocycles. The van der Waals surface area contributed by atoms with Crippen LogP contribution < -0.4 is 0 Å². The van der Waals surface area contributed by atoms with Gasteiger partial charge in [0, 0.05) is 7.11 Å². The lowest BCUT2D eigenvalue weighted by molar-refractivity contribution is 0.0482. The zero-order valence-electron chi connectivity index (χ0n) is 8.49. The van der Waals surface area contributed by atoms with Crippen molar-refractivity contribution in [2.45, 2.75) is 20.5 Å². The van der Waals surface area contributed by atoms with Crippen molar-refractivity contribution < 1.29 is 18.7 Å². The number of esters is 1. The minimum Gasteiger partial charge on any atom is -0.460 e. The minimum absolute atomic E-state index is 0.152. The van der Waals surface area contributed by atoms with E-state index in [0.29, 0.717) is 18.2 Å². The number of carbonyl (C=O) groups excluding carboxylic acids is 1. The summed E-state index contributed by atoms with van der Waals surface area (Å²) in [5, 5.41) is 0. The molecule has 0 spiro atoms. The molecule has 1 aromatic heterocycles. The number of aromatic nitrogens is 1. The third kappa shape index (κ3) is 2.32. The summed E-state index contributed by atoms with van der Waals surface area (Å²) >= 11 is 0. The molecule has 0 amide bonds. The Balaban J connectivity index is 2.81. The van der Waals surface area contributed by atoms with Crippen molar-refractivity contribution in [1.82, 2.24) is 4.98 Å². The molecule has 0 aliphatic rings. The Hall–Kier alpha value is -1.36. The van der Waals surface area contributed by atoms with Crippen LogP contribution in [-0.2, 0) is 16.1 Å². The summed E-state index contributed by atoms with van der Waals surface area (Å²) < 4.78 is 14.8. The van der Waals surface area contributed by atoms with Crippen LogP contribution in [0.2, 0.25) is 0 Å². The third-order valence-electron chi connectivity index (χ3n) is 1.57. The van der Waals surface area contributed by atoms with Crippen LogP contribution in [0, 0.1) is 6.92 Å². The molecule has 0 aliphatic heterocycles. The zero-order chi connectivity index (χ0) is 10.6. The summed E-state index contributed by atoms with van der Waals surface area (Å²) in [5.74, 6) is 0.0480. The second-order valence-electron chi connectivity index (χ2n) is 2.68. The Morgan fingerprint density at radius 1 is 1.57 bits per heavy atom. The van der Waals surface area contributed by atoms with Gasteiger partial charge in [-0.3, -0.25) is 0 Å². The van der Waals surface area contributed by atoms with Crippen molar-refractivity contribution in [2.75, 3.05) is 13.7 Å². The van der Waals surface area contributed by atoms with Gasteiger partial charge in [-0.05, 0) is 13.8 Å². The molecule has 0 bridgehead atoms. The molecule has 0 atom stereocenters. The number of nitrogens with zero attached hydrogens (tertiary/aromatic N) is 1. The number of ether oxygens (including phenoxy) is 2. The van der Waals surface area contributed by atoms with Crippen molar-refractivity contribution in [3.05, 3.63) is 17.3 Å². The van der Waals surface area contributed by atoms with Gasteiger partial charge < -0.3 is 13.9 Å². The van der Waals surface area contributed by atoms with Gasteiger partial charge in [-0.2, -0.15) is 0 Å². The summed E-state index contributed by atoms with van der Waals surface area (Å²) in [5.41, 5.74) is 0.524. The monoisotopic (exact) mass is 199 g/mol. The maximum absolute atomic E-state index is 11.3. The van der Waals surface area contributed by atoms with Crippen LogP contribution in [0.5, 0.6) is 0 Å². The molecule has 0 radical (unpaired) electrons. The van der Waals surface area contributed by atoms with Gasteiger partial charge in [0.15, 0.2) is 0 Å². The molecule has 0 saturated carbocycles. The minimum atomic E-state index is -0.486. The number of hydrogen-bond acceptors (Lipinski definition) is 5. The van der Waals surface area contributed by atoms with Crippen LogP contribution in [0.25, 0.3) is 0 Å². The highest BCUT2D eigenvalue weighted by Gasteiger charge is 2.17. The van der Waals surface area contributed by atoms with Gasteiger partial charge in [0.2, 0.25) is 11.7 Å². The van der Waals surface area contributed by atoms with Crippen molar-refractivity contribution in [1.29, 1.82) is 0 Å². The molecule has 0 fully saturated rings. The maximum atomic E-state index is 11.3. The van der Waals surface area contributed by atoms with Crippen LogP contribution in [0.4, 0.5) is 0 Å². The first-order valence-electron chi connectivity index (χ1n) is 4.31. The lowest BCUT2D eigenvalue weighted by Crippen LogP contribution is -2.04. The Labute approximate surface area is 82.0 Å². The van der Waals surface area contributed by atoms with Gasteiger partial charge >= 0.3 is 5.97 Å². The van der Waals surface area contributed by atoms with E-state index in [1.807, 2.05) is 0 Å². The number of rotatable bonds is 4. The topological polar surface area (TPSA) is 61.6 Å². The van der Waals surface area contributed by atoms with Crippen molar-refractivity contribution in [3.63, 3.8) is 0 Å². The lowest BCUT2D eigenvalue weighted by Gasteiger charge is -1.97. The Kier molecular flexibility index (Phi) is 3.64. The van der Waals surface area contributed by atoms with Crippen LogP contribution in [-0.4, -0.2) is 24.7 Å². The standard InChI is InChI=1S/C9H13NO4/c1-4-13-9(11)8-6(2)10-7(14-8)5-12-3/h4-5H2,1-3H3. The van der Waals surface area contributed by atoms with Gasteiger partial charge in [-0.1, -0.05) is 0 Å². The van der Waals surface area contributed by atoms with Crippen LogP contribution >= 0.6 is 0 Å². The first-order chi connectivity index (χ1) is 6.69. The molecule has 1 rings (SSSR count). The highest BCUT2D eigenvalue weighted by atomic mass is 16.5. The molecule has 0 unspecified atom stereocenters. The first-order valence-corrected chi connectivity index (χ1v) is 4.31. The Bertz CT molecular complexity index is 319.